The summed E-state index contributed by atoms with van der Waals surface area (Å²) in [5, 5.41) is 3.15. The topological polar surface area (TPSA) is 55.4 Å². The van der Waals surface area contributed by atoms with Gasteiger partial charge in [-0.3, -0.25) is 9.59 Å². The van der Waals surface area contributed by atoms with Crippen LogP contribution < -0.4 is 5.32 Å². The zero-order chi connectivity index (χ0) is 12.5. The average Bonchev–Trinajstić information content (AvgIpc) is 2.36. The summed E-state index contributed by atoms with van der Waals surface area (Å²) in [7, 11) is 1.28. The third-order valence-electron chi connectivity index (χ3n) is 2.32. The van der Waals surface area contributed by atoms with E-state index in [0.717, 1.165) is 6.54 Å². The van der Waals surface area contributed by atoms with Crippen molar-refractivity contribution in [2.45, 2.75) is 19.4 Å². The molecule has 0 atom stereocenters. The van der Waals surface area contributed by atoms with Gasteiger partial charge < -0.3 is 10.1 Å². The first-order valence-corrected chi connectivity index (χ1v) is 5.55. The minimum absolute atomic E-state index is 0.0996. The Labute approximate surface area is 101 Å². The van der Waals surface area contributed by atoms with Gasteiger partial charge in [0.05, 0.1) is 7.11 Å². The SMILES string of the molecule is COC(=O)CC(=O)CCNCc1ccccc1. The number of carbonyl (C=O) groups is 2. The molecule has 0 aliphatic heterocycles. The lowest BCUT2D eigenvalue weighted by atomic mass is 10.2. The van der Waals surface area contributed by atoms with E-state index >= 15 is 0 Å². The molecule has 1 aromatic rings. The molecule has 4 nitrogen and oxygen atoms in total. The molecular formula is C13H17NO3. The van der Waals surface area contributed by atoms with Gasteiger partial charge in [-0.25, -0.2) is 0 Å². The fourth-order valence-corrected chi connectivity index (χ4v) is 1.38. The molecule has 0 heterocycles. The van der Waals surface area contributed by atoms with E-state index in [1.165, 1.54) is 12.7 Å². The Morgan fingerprint density at radius 3 is 2.59 bits per heavy atom. The predicted molar refractivity (Wildman–Crippen MR) is 64.4 cm³/mol. The van der Waals surface area contributed by atoms with Gasteiger partial charge in [0, 0.05) is 19.5 Å². The largest absolute Gasteiger partial charge is 0.469 e. The normalized spacial score (nSPS) is 9.94. The van der Waals surface area contributed by atoms with Crippen LogP contribution in [-0.2, 0) is 20.9 Å². The van der Waals surface area contributed by atoms with Gasteiger partial charge in [0.25, 0.3) is 0 Å². The lowest BCUT2D eigenvalue weighted by molar-refractivity contribution is -0.143. The van der Waals surface area contributed by atoms with Crippen LogP contribution in [0.15, 0.2) is 30.3 Å². The number of esters is 1. The molecule has 4 heteroatoms. The van der Waals surface area contributed by atoms with Crippen molar-refractivity contribution in [2.75, 3.05) is 13.7 Å². The lowest BCUT2D eigenvalue weighted by Gasteiger charge is -2.04. The first-order valence-electron chi connectivity index (χ1n) is 5.55. The van der Waals surface area contributed by atoms with Crippen LogP contribution in [0.2, 0.25) is 0 Å². The number of nitrogens with one attached hydrogen (secondary N) is 1. The summed E-state index contributed by atoms with van der Waals surface area (Å²) in [6.07, 6.45) is 0.214. The average molecular weight is 235 g/mol. The molecule has 0 bridgehead atoms. The summed E-state index contributed by atoms with van der Waals surface area (Å²) in [5.74, 6) is -0.574. The van der Waals surface area contributed by atoms with Crippen molar-refractivity contribution in [1.82, 2.24) is 5.32 Å². The van der Waals surface area contributed by atoms with Crippen LogP contribution in [-0.4, -0.2) is 25.4 Å². The van der Waals surface area contributed by atoms with Crippen molar-refractivity contribution >= 4 is 11.8 Å². The Balaban J connectivity index is 2.12. The smallest absolute Gasteiger partial charge is 0.313 e. The number of methoxy groups -OCH3 is 1. The Morgan fingerprint density at radius 2 is 1.94 bits per heavy atom. The third-order valence-corrected chi connectivity index (χ3v) is 2.32. The molecular weight excluding hydrogens is 218 g/mol. The molecule has 0 saturated carbocycles. The monoisotopic (exact) mass is 235 g/mol. The van der Waals surface area contributed by atoms with E-state index in [2.05, 4.69) is 10.1 Å². The molecule has 0 aliphatic rings. The van der Waals surface area contributed by atoms with Gasteiger partial charge in [-0.1, -0.05) is 30.3 Å². The minimum atomic E-state index is -0.474. The number of hydrogen-bond donors (Lipinski definition) is 1. The summed E-state index contributed by atoms with van der Waals surface area (Å²) in [4.78, 5) is 22.1. The maximum Gasteiger partial charge on any atom is 0.313 e. The predicted octanol–water partition coefficient (Wildman–Crippen LogP) is 1.30. The third kappa shape index (κ3) is 5.82. The van der Waals surface area contributed by atoms with E-state index in [1.807, 2.05) is 30.3 Å². The van der Waals surface area contributed by atoms with Crippen molar-refractivity contribution in [3.8, 4) is 0 Å². The molecule has 17 heavy (non-hydrogen) atoms. The zero-order valence-corrected chi connectivity index (χ0v) is 9.94. The quantitative estimate of drug-likeness (QED) is 0.439. The first-order chi connectivity index (χ1) is 8.22. The van der Waals surface area contributed by atoms with Crippen LogP contribution in [0.1, 0.15) is 18.4 Å². The van der Waals surface area contributed by atoms with Crippen LogP contribution in [0.4, 0.5) is 0 Å². The molecule has 1 aromatic carbocycles. The van der Waals surface area contributed by atoms with Gasteiger partial charge in [-0.05, 0) is 5.56 Å². The van der Waals surface area contributed by atoms with Crippen molar-refractivity contribution in [2.24, 2.45) is 0 Å². The fourth-order valence-electron chi connectivity index (χ4n) is 1.38. The van der Waals surface area contributed by atoms with Gasteiger partial charge in [-0.2, -0.15) is 0 Å². The van der Waals surface area contributed by atoms with Gasteiger partial charge >= 0.3 is 5.97 Å². The van der Waals surface area contributed by atoms with Crippen molar-refractivity contribution in [3.63, 3.8) is 0 Å². The van der Waals surface area contributed by atoms with Crippen molar-refractivity contribution < 1.29 is 14.3 Å². The maximum absolute atomic E-state index is 11.3. The van der Waals surface area contributed by atoms with Gasteiger partial charge in [0.15, 0.2) is 0 Å². The number of benzene rings is 1. The molecule has 0 unspecified atom stereocenters. The minimum Gasteiger partial charge on any atom is -0.469 e. The van der Waals surface area contributed by atoms with E-state index in [0.29, 0.717) is 13.0 Å². The Bertz CT molecular complexity index is 362. The molecule has 92 valence electrons. The van der Waals surface area contributed by atoms with Crippen LogP contribution in [0.5, 0.6) is 0 Å². The highest BCUT2D eigenvalue weighted by Gasteiger charge is 2.08. The number of ether oxygens (including phenoxy) is 1. The Hall–Kier alpha value is -1.68. The standard InChI is InChI=1S/C13H17NO3/c1-17-13(16)9-12(15)7-8-14-10-11-5-3-2-4-6-11/h2-6,14H,7-10H2,1H3. The van der Waals surface area contributed by atoms with Crippen LogP contribution in [0.3, 0.4) is 0 Å². The molecule has 0 aromatic heterocycles. The van der Waals surface area contributed by atoms with Gasteiger partial charge in [-0.15, -0.1) is 0 Å². The lowest BCUT2D eigenvalue weighted by Crippen LogP contribution is -2.19. The molecule has 0 aliphatic carbocycles. The van der Waals surface area contributed by atoms with Gasteiger partial charge in [0.1, 0.15) is 12.2 Å². The summed E-state index contributed by atoms with van der Waals surface area (Å²) < 4.78 is 4.42. The molecule has 0 fully saturated rings. The van der Waals surface area contributed by atoms with E-state index in [4.69, 9.17) is 0 Å². The highest BCUT2D eigenvalue weighted by atomic mass is 16.5. The summed E-state index contributed by atoms with van der Waals surface area (Å²) in [6, 6.07) is 9.94. The number of carbonyl (C=O) groups excluding carboxylic acids is 2. The molecule has 0 spiro atoms. The first kappa shape index (κ1) is 13.4. The maximum atomic E-state index is 11.3. The van der Waals surface area contributed by atoms with E-state index in [9.17, 15) is 9.59 Å². The zero-order valence-electron chi connectivity index (χ0n) is 9.94. The van der Waals surface area contributed by atoms with Crippen LogP contribution in [0, 0.1) is 0 Å². The van der Waals surface area contributed by atoms with Crippen molar-refractivity contribution in [1.29, 1.82) is 0 Å². The highest BCUT2D eigenvalue weighted by molar-refractivity contribution is 5.95. The Morgan fingerprint density at radius 1 is 1.24 bits per heavy atom. The van der Waals surface area contributed by atoms with Gasteiger partial charge in [0.2, 0.25) is 0 Å². The molecule has 0 radical (unpaired) electrons. The molecule has 0 saturated heterocycles. The van der Waals surface area contributed by atoms with Crippen molar-refractivity contribution in [3.05, 3.63) is 35.9 Å². The second-order valence-corrected chi connectivity index (χ2v) is 3.70. The van der Waals surface area contributed by atoms with Crippen LogP contribution >= 0.6 is 0 Å². The number of ketones is 1. The van der Waals surface area contributed by atoms with Crippen LogP contribution in [0.25, 0.3) is 0 Å². The second kappa shape index (κ2) is 7.57. The number of rotatable bonds is 7. The summed E-state index contributed by atoms with van der Waals surface area (Å²) in [5.41, 5.74) is 1.17. The van der Waals surface area contributed by atoms with E-state index < -0.39 is 5.97 Å². The second-order valence-electron chi connectivity index (χ2n) is 3.70. The summed E-state index contributed by atoms with van der Waals surface area (Å²) >= 11 is 0. The van der Waals surface area contributed by atoms with E-state index in [1.54, 1.807) is 0 Å². The van der Waals surface area contributed by atoms with E-state index in [-0.39, 0.29) is 12.2 Å². The molecule has 0 amide bonds. The summed E-state index contributed by atoms with van der Waals surface area (Å²) in [6.45, 7) is 1.30. The number of Topliss-reactive ketones (excluding diaryl/α,β-unsaturated/α-hetero) is 1. The Kier molecular flexibility index (Phi) is 5.96. The fraction of sp³-hybridized carbons (Fsp3) is 0.385. The highest BCUT2D eigenvalue weighted by Crippen LogP contribution is 1.97. The molecule has 1 rings (SSSR count). The molecule has 1 N–H and O–H groups in total. The number of hydrogen-bond acceptors (Lipinski definition) is 4.